The highest BCUT2D eigenvalue weighted by molar-refractivity contribution is 5.77. The Hall–Kier alpha value is -1.59. The molecule has 2 rings (SSSR count). The Morgan fingerprint density at radius 3 is 2.85 bits per heavy atom. The number of ether oxygens (including phenoxy) is 2. The van der Waals surface area contributed by atoms with Crippen LogP contribution in [0.5, 0.6) is 5.75 Å². The topological polar surface area (TPSA) is 59.6 Å². The third kappa shape index (κ3) is 4.21. The number of carbonyl (C=O) groups excluding carboxylic acids is 1. The number of nitrogens with one attached hydrogen (secondary N) is 2. The van der Waals surface area contributed by atoms with Crippen LogP contribution < -0.4 is 15.4 Å². The van der Waals surface area contributed by atoms with E-state index in [9.17, 15) is 4.79 Å². The molecular weight excluding hydrogens is 256 g/mol. The predicted molar refractivity (Wildman–Crippen MR) is 76.8 cm³/mol. The molecule has 0 bridgehead atoms. The average molecular weight is 278 g/mol. The normalized spacial score (nSPS) is 20.2. The van der Waals surface area contributed by atoms with Gasteiger partial charge in [0.1, 0.15) is 5.75 Å². The maximum atomic E-state index is 12.0. The minimum atomic E-state index is -0.0158. The van der Waals surface area contributed by atoms with Crippen LogP contribution in [0.25, 0.3) is 0 Å². The van der Waals surface area contributed by atoms with E-state index in [-0.39, 0.29) is 18.0 Å². The molecule has 1 fully saturated rings. The van der Waals surface area contributed by atoms with Gasteiger partial charge in [0.05, 0.1) is 26.4 Å². The van der Waals surface area contributed by atoms with Gasteiger partial charge in [-0.2, -0.15) is 0 Å². The highest BCUT2D eigenvalue weighted by atomic mass is 16.5. The van der Waals surface area contributed by atoms with Crippen LogP contribution in [-0.4, -0.2) is 38.8 Å². The van der Waals surface area contributed by atoms with E-state index in [2.05, 4.69) is 10.6 Å². The zero-order valence-electron chi connectivity index (χ0n) is 12.0. The van der Waals surface area contributed by atoms with Gasteiger partial charge in [0, 0.05) is 19.0 Å². The monoisotopic (exact) mass is 278 g/mol. The summed E-state index contributed by atoms with van der Waals surface area (Å²) in [5.41, 5.74) is 1.06. The molecule has 1 heterocycles. The molecule has 2 atom stereocenters. The minimum absolute atomic E-state index is 0.0158. The fraction of sp³-hybridized carbons (Fsp3) is 0.533. The first-order valence-electron chi connectivity index (χ1n) is 6.93. The Labute approximate surface area is 119 Å². The molecule has 1 aliphatic heterocycles. The molecule has 5 nitrogen and oxygen atoms in total. The van der Waals surface area contributed by atoms with Crippen LogP contribution in [0.1, 0.15) is 24.9 Å². The van der Waals surface area contributed by atoms with Crippen molar-refractivity contribution in [3.8, 4) is 5.75 Å². The Kier molecular flexibility index (Phi) is 5.38. The maximum Gasteiger partial charge on any atom is 0.222 e. The number of carbonyl (C=O) groups is 1. The lowest BCUT2D eigenvalue weighted by Crippen LogP contribution is -2.44. The van der Waals surface area contributed by atoms with E-state index in [0.717, 1.165) is 24.5 Å². The van der Waals surface area contributed by atoms with Crippen LogP contribution in [0, 0.1) is 0 Å². The van der Waals surface area contributed by atoms with Gasteiger partial charge in [-0.1, -0.05) is 12.1 Å². The summed E-state index contributed by atoms with van der Waals surface area (Å²) in [6.07, 6.45) is 0.445. The van der Waals surface area contributed by atoms with Crippen molar-refractivity contribution in [1.82, 2.24) is 10.6 Å². The number of morpholine rings is 1. The van der Waals surface area contributed by atoms with Crippen molar-refractivity contribution in [3.63, 3.8) is 0 Å². The number of rotatable bonds is 5. The van der Waals surface area contributed by atoms with Gasteiger partial charge in [0.25, 0.3) is 0 Å². The van der Waals surface area contributed by atoms with E-state index in [1.54, 1.807) is 7.11 Å². The molecule has 1 unspecified atom stereocenters. The molecule has 5 heteroatoms. The lowest BCUT2D eigenvalue weighted by molar-refractivity contribution is -0.122. The number of methoxy groups -OCH3 is 1. The van der Waals surface area contributed by atoms with Crippen LogP contribution in [0.4, 0.5) is 0 Å². The summed E-state index contributed by atoms with van der Waals surface area (Å²) in [7, 11) is 1.64. The second-order valence-electron chi connectivity index (χ2n) is 4.99. The van der Waals surface area contributed by atoms with Crippen molar-refractivity contribution in [1.29, 1.82) is 0 Å². The lowest BCUT2D eigenvalue weighted by Gasteiger charge is -2.24. The van der Waals surface area contributed by atoms with Crippen molar-refractivity contribution in [2.45, 2.75) is 25.4 Å². The molecular formula is C15H22N2O3. The zero-order chi connectivity index (χ0) is 14.4. The largest absolute Gasteiger partial charge is 0.497 e. The summed E-state index contributed by atoms with van der Waals surface area (Å²) in [6.45, 7) is 4.11. The van der Waals surface area contributed by atoms with Gasteiger partial charge >= 0.3 is 0 Å². The fourth-order valence-corrected chi connectivity index (χ4v) is 2.25. The summed E-state index contributed by atoms with van der Waals surface area (Å²) < 4.78 is 10.5. The lowest BCUT2D eigenvalue weighted by atomic mass is 10.1. The Bertz CT molecular complexity index is 427. The summed E-state index contributed by atoms with van der Waals surface area (Å²) in [5, 5.41) is 6.28. The standard InChI is InChI=1S/C15H22N2O3/c1-11(12-3-5-14(19-2)6-4-12)17-15(18)9-13-10-20-8-7-16-13/h3-6,11,13,16H,7-10H2,1-2H3,(H,17,18)/t11-,13?/m1/s1. The predicted octanol–water partition coefficient (Wildman–Crippen LogP) is 1.25. The average Bonchev–Trinajstić information content (AvgIpc) is 2.48. The van der Waals surface area contributed by atoms with Crippen molar-refractivity contribution < 1.29 is 14.3 Å². The van der Waals surface area contributed by atoms with Gasteiger partial charge < -0.3 is 20.1 Å². The summed E-state index contributed by atoms with van der Waals surface area (Å²) in [4.78, 5) is 12.0. The summed E-state index contributed by atoms with van der Waals surface area (Å²) >= 11 is 0. The molecule has 20 heavy (non-hydrogen) atoms. The number of hydrogen-bond donors (Lipinski definition) is 2. The molecule has 0 aromatic heterocycles. The van der Waals surface area contributed by atoms with E-state index in [1.807, 2.05) is 31.2 Å². The highest BCUT2D eigenvalue weighted by Crippen LogP contribution is 2.17. The number of hydrogen-bond acceptors (Lipinski definition) is 4. The molecule has 0 spiro atoms. The van der Waals surface area contributed by atoms with Gasteiger partial charge in [0.15, 0.2) is 0 Å². The molecule has 1 saturated heterocycles. The third-order valence-electron chi connectivity index (χ3n) is 3.42. The zero-order valence-corrected chi connectivity index (χ0v) is 12.0. The maximum absolute atomic E-state index is 12.0. The first kappa shape index (κ1) is 14.8. The highest BCUT2D eigenvalue weighted by Gasteiger charge is 2.18. The molecule has 1 aromatic carbocycles. The van der Waals surface area contributed by atoms with Crippen LogP contribution in [-0.2, 0) is 9.53 Å². The van der Waals surface area contributed by atoms with Crippen LogP contribution in [0.3, 0.4) is 0 Å². The molecule has 1 aliphatic rings. The van der Waals surface area contributed by atoms with Gasteiger partial charge in [-0.25, -0.2) is 0 Å². The molecule has 1 aromatic rings. The molecule has 0 radical (unpaired) electrons. The van der Waals surface area contributed by atoms with E-state index in [0.29, 0.717) is 13.0 Å². The fourth-order valence-electron chi connectivity index (χ4n) is 2.25. The Balaban J connectivity index is 1.82. The first-order valence-corrected chi connectivity index (χ1v) is 6.93. The van der Waals surface area contributed by atoms with E-state index in [4.69, 9.17) is 9.47 Å². The van der Waals surface area contributed by atoms with Crippen LogP contribution >= 0.6 is 0 Å². The van der Waals surface area contributed by atoms with E-state index < -0.39 is 0 Å². The SMILES string of the molecule is COc1ccc([C@@H](C)NC(=O)CC2COCCN2)cc1. The second-order valence-corrected chi connectivity index (χ2v) is 4.99. The van der Waals surface area contributed by atoms with Gasteiger partial charge in [-0.15, -0.1) is 0 Å². The van der Waals surface area contributed by atoms with E-state index in [1.165, 1.54) is 0 Å². The van der Waals surface area contributed by atoms with Crippen molar-refractivity contribution >= 4 is 5.91 Å². The number of amides is 1. The quantitative estimate of drug-likeness (QED) is 0.851. The number of benzene rings is 1. The van der Waals surface area contributed by atoms with Crippen molar-refractivity contribution in [2.75, 3.05) is 26.9 Å². The van der Waals surface area contributed by atoms with E-state index >= 15 is 0 Å². The molecule has 110 valence electrons. The molecule has 2 N–H and O–H groups in total. The van der Waals surface area contributed by atoms with Gasteiger partial charge in [-0.3, -0.25) is 4.79 Å². The van der Waals surface area contributed by atoms with Gasteiger partial charge in [0.2, 0.25) is 5.91 Å². The smallest absolute Gasteiger partial charge is 0.222 e. The third-order valence-corrected chi connectivity index (χ3v) is 3.42. The summed E-state index contributed by atoms with van der Waals surface area (Å²) in [6, 6.07) is 7.82. The van der Waals surface area contributed by atoms with Crippen molar-refractivity contribution in [2.24, 2.45) is 0 Å². The Morgan fingerprint density at radius 2 is 2.25 bits per heavy atom. The van der Waals surface area contributed by atoms with Crippen LogP contribution in [0.15, 0.2) is 24.3 Å². The second kappa shape index (κ2) is 7.26. The molecule has 1 amide bonds. The minimum Gasteiger partial charge on any atom is -0.497 e. The molecule has 0 saturated carbocycles. The van der Waals surface area contributed by atoms with Crippen LogP contribution in [0.2, 0.25) is 0 Å². The van der Waals surface area contributed by atoms with Crippen molar-refractivity contribution in [3.05, 3.63) is 29.8 Å². The molecule has 0 aliphatic carbocycles. The Morgan fingerprint density at radius 1 is 1.50 bits per heavy atom. The summed E-state index contributed by atoms with van der Waals surface area (Å²) in [5.74, 6) is 0.854. The van der Waals surface area contributed by atoms with Gasteiger partial charge in [-0.05, 0) is 24.6 Å². The first-order chi connectivity index (χ1) is 9.69.